The molecule has 1 N–H and O–H groups in total. The topological polar surface area (TPSA) is 92.5 Å². The molecule has 1 aliphatic rings. The molecule has 3 rings (SSSR count). The molecule has 150 valence electrons. The van der Waals surface area contributed by atoms with Gasteiger partial charge in [0.2, 0.25) is 0 Å². The van der Waals surface area contributed by atoms with Gasteiger partial charge in [-0.15, -0.1) is 0 Å². The number of nitrogens with zero attached hydrogens (tertiary/aromatic N) is 2. The fourth-order valence-electron chi connectivity index (χ4n) is 3.25. The summed E-state index contributed by atoms with van der Waals surface area (Å²) in [5, 5.41) is 14.0. The summed E-state index contributed by atoms with van der Waals surface area (Å²) in [7, 11) is -3.65. The van der Waals surface area contributed by atoms with Crippen LogP contribution in [0.1, 0.15) is 6.42 Å². The van der Waals surface area contributed by atoms with E-state index in [1.807, 2.05) is 4.90 Å². The van der Waals surface area contributed by atoms with Crippen molar-refractivity contribution in [2.45, 2.75) is 11.3 Å². The third-order valence-electron chi connectivity index (χ3n) is 4.71. The van der Waals surface area contributed by atoms with Crippen molar-refractivity contribution < 1.29 is 22.1 Å². The molecule has 1 aliphatic heterocycles. The number of anilines is 2. The Morgan fingerprint density at radius 2 is 1.96 bits per heavy atom. The van der Waals surface area contributed by atoms with Gasteiger partial charge in [-0.3, -0.25) is 10.1 Å². The molecule has 1 heterocycles. The molecule has 0 spiro atoms. The van der Waals surface area contributed by atoms with Crippen LogP contribution < -0.4 is 10.2 Å². The molecule has 1 fully saturated rings. The highest BCUT2D eigenvalue weighted by molar-refractivity contribution is 7.90. The summed E-state index contributed by atoms with van der Waals surface area (Å²) in [4.78, 5) is 12.1. The van der Waals surface area contributed by atoms with E-state index in [0.717, 1.165) is 30.9 Å². The number of nitro groups is 1. The molecule has 28 heavy (non-hydrogen) atoms. The van der Waals surface area contributed by atoms with Gasteiger partial charge in [0.15, 0.2) is 21.5 Å². The maximum Gasteiger partial charge on any atom is 0.270 e. The first-order chi connectivity index (χ1) is 13.1. The molecular weight excluding hydrogens is 392 g/mol. The number of sulfone groups is 1. The van der Waals surface area contributed by atoms with Crippen LogP contribution in [0.5, 0.6) is 0 Å². The van der Waals surface area contributed by atoms with Crippen LogP contribution in [0.25, 0.3) is 0 Å². The van der Waals surface area contributed by atoms with E-state index in [2.05, 4.69) is 5.32 Å². The van der Waals surface area contributed by atoms with Gasteiger partial charge in [0.05, 0.1) is 15.5 Å². The molecule has 0 saturated carbocycles. The summed E-state index contributed by atoms with van der Waals surface area (Å²) in [5.74, 6) is -1.65. The van der Waals surface area contributed by atoms with Crippen molar-refractivity contribution in [2.24, 2.45) is 5.92 Å². The number of nitro benzene ring substituents is 1. The Balaban J connectivity index is 1.69. The van der Waals surface area contributed by atoms with E-state index in [1.54, 1.807) is 0 Å². The van der Waals surface area contributed by atoms with Crippen LogP contribution in [-0.2, 0) is 9.84 Å². The molecule has 1 saturated heterocycles. The Kier molecular flexibility index (Phi) is 5.50. The van der Waals surface area contributed by atoms with E-state index in [1.165, 1.54) is 18.2 Å². The lowest BCUT2D eigenvalue weighted by Crippen LogP contribution is -2.23. The molecule has 1 atom stereocenters. The number of nitrogens with one attached hydrogen (secondary N) is 1. The minimum Gasteiger partial charge on any atom is -0.384 e. The quantitative estimate of drug-likeness (QED) is 0.580. The van der Waals surface area contributed by atoms with Crippen LogP contribution in [0.15, 0.2) is 41.3 Å². The molecule has 2 aromatic rings. The summed E-state index contributed by atoms with van der Waals surface area (Å²) in [6.07, 6.45) is 1.78. The molecule has 10 heteroatoms. The third kappa shape index (κ3) is 4.38. The van der Waals surface area contributed by atoms with Crippen molar-refractivity contribution in [3.05, 3.63) is 58.1 Å². The Morgan fingerprint density at radius 3 is 2.61 bits per heavy atom. The Bertz CT molecular complexity index is 1010. The zero-order valence-corrected chi connectivity index (χ0v) is 15.9. The van der Waals surface area contributed by atoms with Crippen molar-refractivity contribution in [1.29, 1.82) is 0 Å². The number of hydrogen-bond donors (Lipinski definition) is 1. The second-order valence-corrected chi connectivity index (χ2v) is 8.77. The second-order valence-electron chi connectivity index (χ2n) is 6.79. The number of hydrogen-bond acceptors (Lipinski definition) is 6. The highest BCUT2D eigenvalue weighted by Crippen LogP contribution is 2.29. The van der Waals surface area contributed by atoms with E-state index in [9.17, 15) is 27.3 Å². The minimum atomic E-state index is -3.65. The van der Waals surface area contributed by atoms with Crippen LogP contribution in [0, 0.1) is 27.7 Å². The Hall–Kier alpha value is -2.75. The first-order valence-corrected chi connectivity index (χ1v) is 10.5. The van der Waals surface area contributed by atoms with Gasteiger partial charge in [0.25, 0.3) is 5.69 Å². The summed E-state index contributed by atoms with van der Waals surface area (Å²) in [5.41, 5.74) is 0.601. The first kappa shape index (κ1) is 20.0. The van der Waals surface area contributed by atoms with Crippen molar-refractivity contribution in [1.82, 2.24) is 0 Å². The number of non-ortho nitro benzene ring substituents is 1. The summed E-state index contributed by atoms with van der Waals surface area (Å²) in [6.45, 7) is 1.70. The molecule has 7 nitrogen and oxygen atoms in total. The van der Waals surface area contributed by atoms with E-state index in [0.29, 0.717) is 31.0 Å². The van der Waals surface area contributed by atoms with Crippen molar-refractivity contribution in [3.8, 4) is 0 Å². The molecular formula is C18H19F2N3O4S. The predicted molar refractivity (Wildman–Crippen MR) is 101 cm³/mol. The summed E-state index contributed by atoms with van der Waals surface area (Å²) >= 11 is 0. The van der Waals surface area contributed by atoms with Gasteiger partial charge in [0.1, 0.15) is 0 Å². The lowest BCUT2D eigenvalue weighted by atomic mass is 10.1. The highest BCUT2D eigenvalue weighted by Gasteiger charge is 2.24. The molecule has 0 bridgehead atoms. The monoisotopic (exact) mass is 411 g/mol. The van der Waals surface area contributed by atoms with Gasteiger partial charge in [-0.1, -0.05) is 0 Å². The van der Waals surface area contributed by atoms with Crippen molar-refractivity contribution in [2.75, 3.05) is 36.1 Å². The maximum atomic E-state index is 13.4. The normalized spacial score (nSPS) is 17.0. The van der Waals surface area contributed by atoms with Gasteiger partial charge >= 0.3 is 0 Å². The molecule has 0 aliphatic carbocycles. The number of halogens is 2. The SMILES string of the molecule is CS(=O)(=O)c1cc([N+](=O)[O-])ccc1NCC1CCN(c2ccc(F)c(F)c2)C1. The molecule has 0 amide bonds. The standard InChI is InChI=1S/C18H19F2N3O4S/c1-28(26,27)18-9-14(23(24)25)3-5-17(18)21-10-12-6-7-22(11-12)13-2-4-15(19)16(20)8-13/h2-5,8-9,12,21H,6-7,10-11H2,1H3. The predicted octanol–water partition coefficient (Wildman–Crippen LogP) is 3.21. The number of rotatable bonds is 6. The van der Waals surface area contributed by atoms with Crippen molar-refractivity contribution in [3.63, 3.8) is 0 Å². The molecule has 0 radical (unpaired) electrons. The van der Waals surface area contributed by atoms with Crippen LogP contribution in [0.3, 0.4) is 0 Å². The summed E-state index contributed by atoms with van der Waals surface area (Å²) < 4.78 is 50.5. The van der Waals surface area contributed by atoms with Gasteiger partial charge in [-0.05, 0) is 30.5 Å². The third-order valence-corrected chi connectivity index (χ3v) is 5.85. The second kappa shape index (κ2) is 7.70. The zero-order valence-electron chi connectivity index (χ0n) is 15.1. The largest absolute Gasteiger partial charge is 0.384 e. The molecule has 2 aromatic carbocycles. The molecule has 0 aromatic heterocycles. The van der Waals surface area contributed by atoms with E-state index < -0.39 is 26.4 Å². The molecule has 1 unspecified atom stereocenters. The highest BCUT2D eigenvalue weighted by atomic mass is 32.2. The zero-order chi connectivity index (χ0) is 20.5. The van der Waals surface area contributed by atoms with Gasteiger partial charge in [-0.2, -0.15) is 0 Å². The van der Waals surface area contributed by atoms with Gasteiger partial charge < -0.3 is 10.2 Å². The van der Waals surface area contributed by atoms with E-state index in [4.69, 9.17) is 0 Å². The van der Waals surface area contributed by atoms with Crippen LogP contribution >= 0.6 is 0 Å². The van der Waals surface area contributed by atoms with E-state index >= 15 is 0 Å². The fraction of sp³-hybridized carbons (Fsp3) is 0.333. The van der Waals surface area contributed by atoms with Crippen LogP contribution in [0.4, 0.5) is 25.8 Å². The number of benzene rings is 2. The van der Waals surface area contributed by atoms with Gasteiger partial charge in [0, 0.05) is 49.8 Å². The lowest BCUT2D eigenvalue weighted by Gasteiger charge is -2.19. The van der Waals surface area contributed by atoms with Crippen LogP contribution in [-0.4, -0.2) is 39.2 Å². The smallest absolute Gasteiger partial charge is 0.270 e. The first-order valence-electron chi connectivity index (χ1n) is 8.57. The average molecular weight is 411 g/mol. The average Bonchev–Trinajstić information content (AvgIpc) is 3.10. The maximum absolute atomic E-state index is 13.4. The van der Waals surface area contributed by atoms with Crippen LogP contribution in [0.2, 0.25) is 0 Å². The lowest BCUT2D eigenvalue weighted by molar-refractivity contribution is -0.385. The minimum absolute atomic E-state index is 0.128. The van der Waals surface area contributed by atoms with Crippen molar-refractivity contribution >= 4 is 26.9 Å². The van der Waals surface area contributed by atoms with Gasteiger partial charge in [-0.25, -0.2) is 17.2 Å². The summed E-state index contributed by atoms with van der Waals surface area (Å²) in [6, 6.07) is 7.44. The van der Waals surface area contributed by atoms with E-state index in [-0.39, 0.29) is 16.5 Å². The Morgan fingerprint density at radius 1 is 1.21 bits per heavy atom. The fourth-order valence-corrected chi connectivity index (χ4v) is 4.12. The Labute approximate surface area is 161 Å².